The molecule has 18 heavy (non-hydrogen) atoms. The summed E-state index contributed by atoms with van der Waals surface area (Å²) in [4.78, 5) is 11.7. The van der Waals surface area contributed by atoms with Crippen molar-refractivity contribution in [1.29, 1.82) is 0 Å². The summed E-state index contributed by atoms with van der Waals surface area (Å²) in [5, 5.41) is 12.8. The summed E-state index contributed by atoms with van der Waals surface area (Å²) in [6.07, 6.45) is 1.12. The second-order valence-electron chi connectivity index (χ2n) is 4.02. The Labute approximate surface area is 106 Å². The lowest BCUT2D eigenvalue weighted by Gasteiger charge is -2.12. The van der Waals surface area contributed by atoms with Crippen LogP contribution in [0.5, 0.6) is 0 Å². The third kappa shape index (κ3) is 4.66. The number of hydrogen-bond acceptors (Lipinski definition) is 6. The number of nitrogens with zero attached hydrogens (tertiary/aromatic N) is 2. The molecule has 1 aromatic heterocycles. The summed E-state index contributed by atoms with van der Waals surface area (Å²) in [5.74, 6) is -0.00198. The average Bonchev–Trinajstić information content (AvgIpc) is 2.26. The standard InChI is InChI=1S/C10H16N4O3S/c1-7(6-18(3,16)17)12-10(15)8-4-5-9(11-2)14-13-8/h4-5,7H,6H2,1-3H3,(H,11,14)(H,12,15). The van der Waals surface area contributed by atoms with E-state index in [0.717, 1.165) is 6.26 Å². The van der Waals surface area contributed by atoms with Crippen molar-refractivity contribution in [3.63, 3.8) is 0 Å². The monoisotopic (exact) mass is 272 g/mol. The van der Waals surface area contributed by atoms with E-state index < -0.39 is 21.8 Å². The molecule has 100 valence electrons. The number of hydrogen-bond donors (Lipinski definition) is 2. The van der Waals surface area contributed by atoms with Crippen LogP contribution in [0.4, 0.5) is 5.82 Å². The van der Waals surface area contributed by atoms with E-state index in [-0.39, 0.29) is 11.4 Å². The molecule has 0 radical (unpaired) electrons. The number of carbonyl (C=O) groups excluding carboxylic acids is 1. The van der Waals surface area contributed by atoms with Crippen LogP contribution in [0.25, 0.3) is 0 Å². The number of sulfone groups is 1. The maximum atomic E-state index is 11.7. The number of carbonyl (C=O) groups is 1. The normalized spacial score (nSPS) is 12.8. The van der Waals surface area contributed by atoms with Crippen LogP contribution < -0.4 is 10.6 Å². The van der Waals surface area contributed by atoms with E-state index in [1.807, 2.05) is 0 Å². The molecule has 0 saturated carbocycles. The molecule has 2 N–H and O–H groups in total. The Balaban J connectivity index is 2.64. The van der Waals surface area contributed by atoms with Gasteiger partial charge in [-0.1, -0.05) is 0 Å². The van der Waals surface area contributed by atoms with Crippen LogP contribution in [0, 0.1) is 0 Å². The van der Waals surface area contributed by atoms with Gasteiger partial charge in [0.25, 0.3) is 5.91 Å². The molecular formula is C10H16N4O3S. The fourth-order valence-electron chi connectivity index (χ4n) is 1.38. The number of rotatable bonds is 5. The van der Waals surface area contributed by atoms with Gasteiger partial charge in [0.2, 0.25) is 0 Å². The summed E-state index contributed by atoms with van der Waals surface area (Å²) >= 11 is 0. The molecule has 1 unspecified atom stereocenters. The second kappa shape index (κ2) is 5.76. The number of anilines is 1. The van der Waals surface area contributed by atoms with Crippen LogP contribution >= 0.6 is 0 Å². The van der Waals surface area contributed by atoms with Crippen LogP contribution in [0.2, 0.25) is 0 Å². The van der Waals surface area contributed by atoms with Gasteiger partial charge < -0.3 is 10.6 Å². The SMILES string of the molecule is CNc1ccc(C(=O)NC(C)CS(C)(=O)=O)nn1. The molecule has 0 aliphatic carbocycles. The Bertz CT molecular complexity index is 512. The lowest BCUT2D eigenvalue weighted by molar-refractivity contribution is 0.0937. The van der Waals surface area contributed by atoms with Gasteiger partial charge in [0.05, 0.1) is 5.75 Å². The molecule has 0 aliphatic rings. The van der Waals surface area contributed by atoms with E-state index in [9.17, 15) is 13.2 Å². The minimum Gasteiger partial charge on any atom is -0.372 e. The predicted molar refractivity (Wildman–Crippen MR) is 68.2 cm³/mol. The van der Waals surface area contributed by atoms with E-state index in [1.54, 1.807) is 20.0 Å². The van der Waals surface area contributed by atoms with Crippen molar-refractivity contribution in [3.05, 3.63) is 17.8 Å². The van der Waals surface area contributed by atoms with Crippen LogP contribution in [0.15, 0.2) is 12.1 Å². The third-order valence-corrected chi connectivity index (χ3v) is 3.19. The molecule has 7 nitrogen and oxygen atoms in total. The van der Waals surface area contributed by atoms with Crippen molar-refractivity contribution in [2.75, 3.05) is 24.4 Å². The van der Waals surface area contributed by atoms with Crippen LogP contribution in [0.1, 0.15) is 17.4 Å². The molecule has 1 atom stereocenters. The minimum absolute atomic E-state index is 0.110. The lowest BCUT2D eigenvalue weighted by Crippen LogP contribution is -2.37. The van der Waals surface area contributed by atoms with Crippen molar-refractivity contribution in [2.45, 2.75) is 13.0 Å². The maximum Gasteiger partial charge on any atom is 0.272 e. The summed E-state index contributed by atoms with van der Waals surface area (Å²) in [6.45, 7) is 1.62. The highest BCUT2D eigenvalue weighted by molar-refractivity contribution is 7.90. The zero-order chi connectivity index (χ0) is 13.8. The Morgan fingerprint density at radius 3 is 2.50 bits per heavy atom. The zero-order valence-corrected chi connectivity index (χ0v) is 11.3. The highest BCUT2D eigenvalue weighted by Gasteiger charge is 2.15. The largest absolute Gasteiger partial charge is 0.372 e. The third-order valence-electron chi connectivity index (χ3n) is 2.08. The summed E-state index contributed by atoms with van der Waals surface area (Å²) < 4.78 is 22.1. The van der Waals surface area contributed by atoms with Crippen LogP contribution in [-0.2, 0) is 9.84 Å². The first kappa shape index (κ1) is 14.4. The molecule has 1 aromatic rings. The van der Waals surface area contributed by atoms with Crippen molar-refractivity contribution in [1.82, 2.24) is 15.5 Å². The van der Waals surface area contributed by atoms with Gasteiger partial charge >= 0.3 is 0 Å². The molecule has 1 amide bonds. The van der Waals surface area contributed by atoms with Gasteiger partial charge in [-0.15, -0.1) is 10.2 Å². The van der Waals surface area contributed by atoms with Gasteiger partial charge in [0.15, 0.2) is 5.69 Å². The van der Waals surface area contributed by atoms with E-state index in [2.05, 4.69) is 20.8 Å². The van der Waals surface area contributed by atoms with Gasteiger partial charge in [-0.2, -0.15) is 0 Å². The van der Waals surface area contributed by atoms with E-state index in [0.29, 0.717) is 5.82 Å². The van der Waals surface area contributed by atoms with E-state index in [1.165, 1.54) is 6.07 Å². The van der Waals surface area contributed by atoms with E-state index >= 15 is 0 Å². The Morgan fingerprint density at radius 2 is 2.06 bits per heavy atom. The van der Waals surface area contributed by atoms with Crippen molar-refractivity contribution in [3.8, 4) is 0 Å². The highest BCUT2D eigenvalue weighted by Crippen LogP contribution is 2.01. The van der Waals surface area contributed by atoms with Crippen molar-refractivity contribution in [2.24, 2.45) is 0 Å². The highest BCUT2D eigenvalue weighted by atomic mass is 32.2. The average molecular weight is 272 g/mol. The first-order valence-corrected chi connectivity index (χ1v) is 7.38. The summed E-state index contributed by atoms with van der Waals surface area (Å²) in [6, 6.07) is 2.66. The zero-order valence-electron chi connectivity index (χ0n) is 10.5. The predicted octanol–water partition coefficient (Wildman–Crippen LogP) is -0.319. The number of nitrogens with one attached hydrogen (secondary N) is 2. The second-order valence-corrected chi connectivity index (χ2v) is 6.21. The van der Waals surface area contributed by atoms with Crippen LogP contribution in [0.3, 0.4) is 0 Å². The molecule has 0 aromatic carbocycles. The fourth-order valence-corrected chi connectivity index (χ4v) is 2.37. The quantitative estimate of drug-likeness (QED) is 0.762. The molecule has 0 bridgehead atoms. The molecule has 0 saturated heterocycles. The molecule has 0 fully saturated rings. The van der Waals surface area contributed by atoms with Gasteiger partial charge in [-0.3, -0.25) is 4.79 Å². The molecule has 0 aliphatic heterocycles. The van der Waals surface area contributed by atoms with Gasteiger partial charge in [0, 0.05) is 19.3 Å². The summed E-state index contributed by atoms with van der Waals surface area (Å²) in [5.41, 5.74) is 0.148. The van der Waals surface area contributed by atoms with Crippen LogP contribution in [-0.4, -0.2) is 49.6 Å². The summed E-state index contributed by atoms with van der Waals surface area (Å²) in [7, 11) is -1.43. The molecular weight excluding hydrogens is 256 g/mol. The number of amides is 1. The molecule has 1 rings (SSSR count). The van der Waals surface area contributed by atoms with E-state index in [4.69, 9.17) is 0 Å². The minimum atomic E-state index is -3.12. The Hall–Kier alpha value is -1.70. The van der Waals surface area contributed by atoms with Gasteiger partial charge in [-0.05, 0) is 19.1 Å². The van der Waals surface area contributed by atoms with Crippen molar-refractivity contribution < 1.29 is 13.2 Å². The molecule has 8 heteroatoms. The Morgan fingerprint density at radius 1 is 1.39 bits per heavy atom. The lowest BCUT2D eigenvalue weighted by atomic mass is 10.3. The molecule has 0 spiro atoms. The van der Waals surface area contributed by atoms with Gasteiger partial charge in [-0.25, -0.2) is 8.42 Å². The maximum absolute atomic E-state index is 11.7. The van der Waals surface area contributed by atoms with Crippen molar-refractivity contribution >= 4 is 21.6 Å². The Kier molecular flexibility index (Phi) is 4.60. The molecule has 1 heterocycles. The topological polar surface area (TPSA) is 101 Å². The first-order valence-electron chi connectivity index (χ1n) is 5.32. The smallest absolute Gasteiger partial charge is 0.272 e. The fraction of sp³-hybridized carbons (Fsp3) is 0.500. The van der Waals surface area contributed by atoms with Gasteiger partial charge in [0.1, 0.15) is 15.7 Å². The number of aromatic nitrogens is 2. The first-order chi connectivity index (χ1) is 8.31.